The van der Waals surface area contributed by atoms with Gasteiger partial charge in [0.1, 0.15) is 6.42 Å². The number of likely N-dealkylation sites (tertiary alicyclic amines) is 1. The zero-order valence-corrected chi connectivity index (χ0v) is 15.2. The maximum Gasteiger partial charge on any atom is 0.233 e. The van der Waals surface area contributed by atoms with Crippen LogP contribution in [0.25, 0.3) is 0 Å². The molecule has 1 unspecified atom stereocenters. The molecular weight excluding hydrogens is 349 g/mol. The van der Waals surface area contributed by atoms with E-state index < -0.39 is 0 Å². The van der Waals surface area contributed by atoms with Crippen LogP contribution in [0, 0.1) is 18.8 Å². The number of hydrogen-bond acceptors (Lipinski definition) is 3. The van der Waals surface area contributed by atoms with E-state index in [1.54, 1.807) is 23.1 Å². The average molecular weight is 372 g/mol. The minimum Gasteiger partial charge on any atom is -0.342 e. The van der Waals surface area contributed by atoms with Crippen molar-refractivity contribution < 1.29 is 9.59 Å². The minimum atomic E-state index is -0.303. The summed E-state index contributed by atoms with van der Waals surface area (Å²) in [6.45, 7) is 3.20. The highest BCUT2D eigenvalue weighted by atomic mass is 35.5. The first-order valence-corrected chi connectivity index (χ1v) is 8.42. The van der Waals surface area contributed by atoms with Crippen molar-refractivity contribution in [2.45, 2.75) is 32.2 Å². The van der Waals surface area contributed by atoms with E-state index in [1.165, 1.54) is 0 Å². The molecule has 1 aromatic rings. The van der Waals surface area contributed by atoms with E-state index >= 15 is 0 Å². The van der Waals surface area contributed by atoms with Crippen molar-refractivity contribution in [3.8, 4) is 0 Å². The Kier molecular flexibility index (Phi) is 6.12. The molecular formula is C17H23Cl2N3O2. The highest BCUT2D eigenvalue weighted by molar-refractivity contribution is 6.31. The summed E-state index contributed by atoms with van der Waals surface area (Å²) in [6.07, 6.45) is 2.04. The van der Waals surface area contributed by atoms with Crippen molar-refractivity contribution >= 4 is 41.5 Å². The molecule has 0 radical (unpaired) electrons. The van der Waals surface area contributed by atoms with Gasteiger partial charge in [-0.2, -0.15) is 0 Å². The van der Waals surface area contributed by atoms with Gasteiger partial charge >= 0.3 is 0 Å². The van der Waals surface area contributed by atoms with Gasteiger partial charge in [0.25, 0.3) is 0 Å². The van der Waals surface area contributed by atoms with Gasteiger partial charge < -0.3 is 16.0 Å². The fourth-order valence-electron chi connectivity index (χ4n) is 3.65. The Morgan fingerprint density at radius 1 is 1.29 bits per heavy atom. The molecule has 2 aliphatic rings. The van der Waals surface area contributed by atoms with E-state index in [0.717, 1.165) is 18.4 Å². The summed E-state index contributed by atoms with van der Waals surface area (Å²) in [5, 5.41) is 3.37. The molecule has 1 aromatic carbocycles. The van der Waals surface area contributed by atoms with Crippen LogP contribution in [0.1, 0.15) is 24.8 Å². The second-order valence-electron chi connectivity index (χ2n) is 6.61. The Bertz CT molecular complexity index is 624. The molecule has 7 heteroatoms. The highest BCUT2D eigenvalue weighted by Crippen LogP contribution is 2.35. The van der Waals surface area contributed by atoms with Crippen molar-refractivity contribution in [2.75, 3.05) is 18.4 Å². The first-order valence-electron chi connectivity index (χ1n) is 8.04. The Labute approximate surface area is 153 Å². The van der Waals surface area contributed by atoms with Crippen molar-refractivity contribution in [1.29, 1.82) is 0 Å². The Morgan fingerprint density at radius 2 is 1.92 bits per heavy atom. The number of fused-ring (bicyclic) bond motifs is 2. The smallest absolute Gasteiger partial charge is 0.233 e. The van der Waals surface area contributed by atoms with E-state index in [1.807, 2.05) is 6.92 Å². The summed E-state index contributed by atoms with van der Waals surface area (Å²) >= 11 is 6.04. The summed E-state index contributed by atoms with van der Waals surface area (Å²) in [7, 11) is 0. The van der Waals surface area contributed by atoms with Gasteiger partial charge in [0.05, 0.1) is 0 Å². The quantitative estimate of drug-likeness (QED) is 0.801. The zero-order valence-electron chi connectivity index (χ0n) is 13.6. The lowest BCUT2D eigenvalue weighted by Gasteiger charge is -2.36. The van der Waals surface area contributed by atoms with Gasteiger partial charge in [-0.1, -0.05) is 17.7 Å². The molecule has 1 heterocycles. The van der Waals surface area contributed by atoms with E-state index in [9.17, 15) is 9.59 Å². The predicted molar refractivity (Wildman–Crippen MR) is 97.5 cm³/mol. The van der Waals surface area contributed by atoms with Crippen LogP contribution in [0.5, 0.6) is 0 Å². The number of nitrogens with two attached hydrogens (primary N) is 1. The van der Waals surface area contributed by atoms with Crippen LogP contribution in [-0.4, -0.2) is 35.8 Å². The SMILES string of the molecule is Cc1c(Cl)cccc1NC(=O)CC(=O)N1C[C@H]2CC[C@@H](C1)C2N.Cl. The molecule has 5 nitrogen and oxygen atoms in total. The number of benzene rings is 1. The number of carbonyl (C=O) groups is 2. The summed E-state index contributed by atoms with van der Waals surface area (Å²) in [5.41, 5.74) is 7.60. The second kappa shape index (κ2) is 7.72. The molecule has 24 heavy (non-hydrogen) atoms. The zero-order chi connectivity index (χ0) is 16.6. The topological polar surface area (TPSA) is 75.4 Å². The molecule has 1 aliphatic carbocycles. The number of rotatable bonds is 3. The van der Waals surface area contributed by atoms with Crippen LogP contribution in [0.4, 0.5) is 5.69 Å². The Balaban J connectivity index is 0.00000208. The third-order valence-corrected chi connectivity index (χ3v) is 5.52. The Hall–Kier alpha value is -1.30. The van der Waals surface area contributed by atoms with Gasteiger partial charge in [0, 0.05) is 29.8 Å². The Morgan fingerprint density at radius 3 is 2.54 bits per heavy atom. The number of amides is 2. The normalized spacial score (nSPS) is 25.1. The fourth-order valence-corrected chi connectivity index (χ4v) is 3.83. The minimum absolute atomic E-state index is 0. The molecule has 1 saturated heterocycles. The van der Waals surface area contributed by atoms with Crippen molar-refractivity contribution in [3.63, 3.8) is 0 Å². The van der Waals surface area contributed by atoms with Gasteiger partial charge in [-0.15, -0.1) is 12.4 Å². The molecule has 1 aliphatic heterocycles. The van der Waals surface area contributed by atoms with Gasteiger partial charge in [-0.3, -0.25) is 9.59 Å². The second-order valence-corrected chi connectivity index (χ2v) is 7.02. The first kappa shape index (κ1) is 19.0. The third-order valence-electron chi connectivity index (χ3n) is 5.11. The molecule has 3 atom stereocenters. The molecule has 132 valence electrons. The number of piperidine rings is 1. The largest absolute Gasteiger partial charge is 0.342 e. The molecule has 3 N–H and O–H groups in total. The van der Waals surface area contributed by atoms with E-state index in [2.05, 4.69) is 5.32 Å². The summed E-state index contributed by atoms with van der Waals surface area (Å²) in [5.74, 6) is 0.348. The summed E-state index contributed by atoms with van der Waals surface area (Å²) < 4.78 is 0. The van der Waals surface area contributed by atoms with Crippen LogP contribution >= 0.6 is 24.0 Å². The van der Waals surface area contributed by atoms with Crippen molar-refractivity contribution in [3.05, 3.63) is 28.8 Å². The van der Waals surface area contributed by atoms with Crippen molar-refractivity contribution in [2.24, 2.45) is 17.6 Å². The van der Waals surface area contributed by atoms with E-state index in [4.69, 9.17) is 17.3 Å². The van der Waals surface area contributed by atoms with Crippen LogP contribution in [-0.2, 0) is 9.59 Å². The fraction of sp³-hybridized carbons (Fsp3) is 0.529. The third kappa shape index (κ3) is 3.85. The van der Waals surface area contributed by atoms with E-state index in [-0.39, 0.29) is 36.7 Å². The molecule has 0 spiro atoms. The molecule has 3 rings (SSSR count). The van der Waals surface area contributed by atoms with Gasteiger partial charge in [-0.05, 0) is 49.3 Å². The first-order chi connectivity index (χ1) is 11.0. The highest BCUT2D eigenvalue weighted by Gasteiger charge is 2.41. The molecule has 1 saturated carbocycles. The lowest BCUT2D eigenvalue weighted by Crippen LogP contribution is -2.51. The van der Waals surface area contributed by atoms with Crippen LogP contribution in [0.2, 0.25) is 5.02 Å². The summed E-state index contributed by atoms with van der Waals surface area (Å²) in [6, 6.07) is 5.53. The van der Waals surface area contributed by atoms with Crippen LogP contribution in [0.15, 0.2) is 18.2 Å². The maximum absolute atomic E-state index is 12.4. The van der Waals surface area contributed by atoms with Gasteiger partial charge in [0.15, 0.2) is 0 Å². The maximum atomic E-state index is 12.4. The van der Waals surface area contributed by atoms with Crippen LogP contribution in [0.3, 0.4) is 0 Å². The number of carbonyl (C=O) groups excluding carboxylic acids is 2. The molecule has 2 fully saturated rings. The standard InChI is InChI=1S/C17H22ClN3O2.ClH/c1-10-13(18)3-2-4-14(10)20-15(22)7-16(23)21-8-11-5-6-12(9-21)17(11)19;/h2-4,11-12,17H,5-9,19H2,1H3,(H,20,22);1H/t11-,12+,17?;. The number of nitrogens with zero attached hydrogens (tertiary/aromatic N) is 1. The van der Waals surface area contributed by atoms with Crippen molar-refractivity contribution in [1.82, 2.24) is 4.90 Å². The lowest BCUT2D eigenvalue weighted by atomic mass is 9.93. The number of halogens is 2. The number of anilines is 1. The van der Waals surface area contributed by atoms with Gasteiger partial charge in [0.2, 0.25) is 11.8 Å². The van der Waals surface area contributed by atoms with Crippen LogP contribution < -0.4 is 11.1 Å². The lowest BCUT2D eigenvalue weighted by molar-refractivity contribution is -0.136. The number of nitrogens with one attached hydrogen (secondary N) is 1. The molecule has 2 bridgehead atoms. The van der Waals surface area contributed by atoms with Gasteiger partial charge in [-0.25, -0.2) is 0 Å². The molecule has 2 amide bonds. The number of hydrogen-bond donors (Lipinski definition) is 2. The average Bonchev–Trinajstić information content (AvgIpc) is 2.74. The van der Waals surface area contributed by atoms with E-state index in [0.29, 0.717) is 35.6 Å². The summed E-state index contributed by atoms with van der Waals surface area (Å²) in [4.78, 5) is 26.3. The predicted octanol–water partition coefficient (Wildman–Crippen LogP) is 2.59. The monoisotopic (exact) mass is 371 g/mol. The molecule has 0 aromatic heterocycles.